The van der Waals surface area contributed by atoms with Crippen molar-refractivity contribution in [3.8, 4) is 22.8 Å². The first kappa shape index (κ1) is 32.6. The minimum absolute atomic E-state index is 0.0245. The van der Waals surface area contributed by atoms with Gasteiger partial charge in [0, 0.05) is 28.3 Å². The van der Waals surface area contributed by atoms with Crippen molar-refractivity contribution in [1.29, 1.82) is 0 Å². The summed E-state index contributed by atoms with van der Waals surface area (Å²) in [4.78, 5) is 21.5. The molecule has 0 radical (unpaired) electrons. The number of hydrogen-bond acceptors (Lipinski definition) is 6. The minimum Gasteiger partial charge on any atom is -0.494 e. The fourth-order valence-corrected chi connectivity index (χ4v) is 4.82. The summed E-state index contributed by atoms with van der Waals surface area (Å²) in [5.41, 5.74) is -4.55. The molecule has 3 heterocycles. The van der Waals surface area contributed by atoms with Gasteiger partial charge in [-0.1, -0.05) is 13.8 Å². The molecule has 0 spiro atoms. The van der Waals surface area contributed by atoms with Crippen molar-refractivity contribution < 1.29 is 41.3 Å². The number of amides is 1. The third-order valence-electron chi connectivity index (χ3n) is 7.34. The number of methoxy groups -OCH3 is 1. The average molecular weight is 618 g/mol. The van der Waals surface area contributed by atoms with E-state index < -0.39 is 47.8 Å². The van der Waals surface area contributed by atoms with Crippen LogP contribution in [0, 0.1) is 12.7 Å². The topological polar surface area (TPSA) is 93.6 Å². The molecule has 2 aromatic carbocycles. The first-order valence-corrected chi connectivity index (χ1v) is 13.8. The van der Waals surface area contributed by atoms with Gasteiger partial charge < -0.3 is 19.9 Å². The maximum absolute atomic E-state index is 14.6. The number of ether oxygens (including phenoxy) is 2. The first-order chi connectivity index (χ1) is 20.8. The summed E-state index contributed by atoms with van der Waals surface area (Å²) in [6.45, 7) is 4.79. The summed E-state index contributed by atoms with van der Waals surface area (Å²) >= 11 is 0. The van der Waals surface area contributed by atoms with Crippen molar-refractivity contribution in [1.82, 2.24) is 15.3 Å². The number of pyridine rings is 2. The predicted molar refractivity (Wildman–Crippen MR) is 155 cm³/mol. The maximum atomic E-state index is 14.6. The Hall–Kier alpha value is -4.32. The summed E-state index contributed by atoms with van der Waals surface area (Å²) in [5, 5.41) is 13.9. The lowest BCUT2D eigenvalue weighted by molar-refractivity contribution is -0.265. The third-order valence-corrected chi connectivity index (χ3v) is 7.34. The molecule has 4 aromatic rings. The Morgan fingerprint density at radius 1 is 1.14 bits per heavy atom. The van der Waals surface area contributed by atoms with Crippen LogP contribution < -0.4 is 14.8 Å². The van der Waals surface area contributed by atoms with Crippen LogP contribution in [-0.2, 0) is 11.0 Å². The molecule has 5 rings (SSSR count). The van der Waals surface area contributed by atoms with E-state index in [9.17, 15) is 31.9 Å². The summed E-state index contributed by atoms with van der Waals surface area (Å²) < 4.78 is 82.5. The van der Waals surface area contributed by atoms with Gasteiger partial charge in [-0.05, 0) is 67.9 Å². The number of aliphatic hydroxyl groups is 1. The maximum Gasteiger partial charge on any atom is 0.424 e. The molecule has 0 bridgehead atoms. The fraction of sp³-hybridized carbons (Fsp3) is 0.344. The molecule has 1 aliphatic rings. The van der Waals surface area contributed by atoms with Gasteiger partial charge in [0.2, 0.25) is 5.60 Å². The summed E-state index contributed by atoms with van der Waals surface area (Å²) in [6.07, 6.45) is -3.72. The highest BCUT2D eigenvalue weighted by Crippen LogP contribution is 2.48. The second-order valence-electron chi connectivity index (χ2n) is 10.5. The molecule has 0 saturated heterocycles. The number of alkyl halides is 4. The standard InChI is InChI=1S/C30H26F5N3O4.C2H6/c1-16-8-18-9-19(10-22(41-3)24(18)36-12-16)27(39)37-14-29(40,30(33,34)35)23-11-21-26(42-15-28(21,2)13-31)25(38-23)17-4-6-20(32)7-5-17;1-2/h4-12,40H,13-15H2,1-3H3,(H,37,39);1-2H3/t28-,29+;/m1./s1. The molecule has 0 aliphatic carbocycles. The van der Waals surface area contributed by atoms with E-state index in [2.05, 4.69) is 15.3 Å². The Bertz CT molecular complexity index is 1680. The van der Waals surface area contributed by atoms with Gasteiger partial charge in [0.15, 0.2) is 0 Å². The number of nitrogens with zero attached hydrogens (tertiary/aromatic N) is 2. The Kier molecular flexibility index (Phi) is 9.15. The van der Waals surface area contributed by atoms with Gasteiger partial charge in [0.25, 0.3) is 5.91 Å². The zero-order valence-corrected chi connectivity index (χ0v) is 24.8. The number of carbonyl (C=O) groups excluding carboxylic acids is 1. The number of fused-ring (bicyclic) bond motifs is 2. The number of aryl methyl sites for hydroxylation is 1. The predicted octanol–water partition coefficient (Wildman–Crippen LogP) is 6.58. The second kappa shape index (κ2) is 12.4. The highest BCUT2D eigenvalue weighted by atomic mass is 19.4. The van der Waals surface area contributed by atoms with Crippen molar-refractivity contribution in [3.05, 3.63) is 82.9 Å². The molecule has 2 aromatic heterocycles. The number of halogens is 5. The lowest BCUT2D eigenvalue weighted by Crippen LogP contribution is -2.51. The monoisotopic (exact) mass is 617 g/mol. The Labute approximate surface area is 251 Å². The van der Waals surface area contributed by atoms with E-state index in [4.69, 9.17) is 9.47 Å². The number of rotatable bonds is 7. The number of aromatic nitrogens is 2. The molecule has 2 N–H and O–H groups in total. The van der Waals surface area contributed by atoms with Crippen LogP contribution in [0.1, 0.15) is 48.0 Å². The van der Waals surface area contributed by atoms with Crippen molar-refractivity contribution in [2.75, 3.05) is 26.9 Å². The van der Waals surface area contributed by atoms with Crippen molar-refractivity contribution in [3.63, 3.8) is 0 Å². The van der Waals surface area contributed by atoms with E-state index in [-0.39, 0.29) is 40.5 Å². The molecule has 0 unspecified atom stereocenters. The summed E-state index contributed by atoms with van der Waals surface area (Å²) in [6, 6.07) is 10.2. The van der Waals surface area contributed by atoms with E-state index in [1.165, 1.54) is 38.3 Å². The largest absolute Gasteiger partial charge is 0.494 e. The van der Waals surface area contributed by atoms with Crippen LogP contribution in [0.2, 0.25) is 0 Å². The molecule has 12 heteroatoms. The van der Waals surface area contributed by atoms with Gasteiger partial charge in [0.05, 0.1) is 24.8 Å². The minimum atomic E-state index is -5.32. The first-order valence-electron chi connectivity index (χ1n) is 13.8. The van der Waals surface area contributed by atoms with E-state index in [0.29, 0.717) is 10.9 Å². The number of benzene rings is 2. The zero-order chi connectivity index (χ0) is 32.4. The molecular formula is C32H32F5N3O4. The van der Waals surface area contributed by atoms with Crippen molar-refractivity contribution in [2.45, 2.75) is 44.9 Å². The smallest absolute Gasteiger partial charge is 0.424 e. The van der Waals surface area contributed by atoms with E-state index in [0.717, 1.165) is 23.8 Å². The lowest BCUT2D eigenvalue weighted by atomic mass is 9.83. The summed E-state index contributed by atoms with van der Waals surface area (Å²) in [7, 11) is 1.37. The van der Waals surface area contributed by atoms with Crippen LogP contribution in [0.25, 0.3) is 22.2 Å². The molecule has 1 amide bonds. The van der Waals surface area contributed by atoms with Gasteiger partial charge in [-0.25, -0.2) is 13.8 Å². The van der Waals surface area contributed by atoms with Gasteiger partial charge >= 0.3 is 6.18 Å². The zero-order valence-electron chi connectivity index (χ0n) is 24.8. The normalized spacial score (nSPS) is 17.2. The average Bonchev–Trinajstić information content (AvgIpc) is 3.36. The number of nitrogens with one attached hydrogen (secondary N) is 1. The third kappa shape index (κ3) is 5.90. The molecule has 2 atom stereocenters. The van der Waals surface area contributed by atoms with Crippen molar-refractivity contribution >= 4 is 16.8 Å². The summed E-state index contributed by atoms with van der Waals surface area (Å²) in [5.74, 6) is -1.24. The van der Waals surface area contributed by atoms with Crippen LogP contribution in [-0.4, -0.2) is 54.1 Å². The van der Waals surface area contributed by atoms with Crippen LogP contribution >= 0.6 is 0 Å². The fourth-order valence-electron chi connectivity index (χ4n) is 4.82. The lowest BCUT2D eigenvalue weighted by Gasteiger charge is -2.31. The Morgan fingerprint density at radius 3 is 2.43 bits per heavy atom. The second-order valence-corrected chi connectivity index (χ2v) is 10.5. The van der Waals surface area contributed by atoms with Gasteiger partial charge in [-0.15, -0.1) is 0 Å². The van der Waals surface area contributed by atoms with Gasteiger partial charge in [-0.2, -0.15) is 13.2 Å². The molecule has 1 aliphatic heterocycles. The highest BCUT2D eigenvalue weighted by Gasteiger charge is 2.57. The molecule has 44 heavy (non-hydrogen) atoms. The number of carbonyl (C=O) groups is 1. The van der Waals surface area contributed by atoms with Crippen LogP contribution in [0.15, 0.2) is 54.7 Å². The Balaban J connectivity index is 0.00000216. The molecule has 7 nitrogen and oxygen atoms in total. The van der Waals surface area contributed by atoms with Gasteiger partial charge in [0.1, 0.15) is 41.8 Å². The molecule has 234 valence electrons. The van der Waals surface area contributed by atoms with Crippen LogP contribution in [0.5, 0.6) is 11.5 Å². The highest BCUT2D eigenvalue weighted by molar-refractivity contribution is 6.00. The van der Waals surface area contributed by atoms with Crippen molar-refractivity contribution in [2.24, 2.45) is 0 Å². The Morgan fingerprint density at radius 2 is 1.82 bits per heavy atom. The molecular weight excluding hydrogens is 585 g/mol. The van der Waals surface area contributed by atoms with Crippen LogP contribution in [0.3, 0.4) is 0 Å². The SMILES string of the molecule is CC.COc1cc(C(=O)NC[C@](O)(c2cc3c(c(-c4ccc(F)cc4)n2)OC[C@@]3(C)CF)C(F)(F)F)cc2cc(C)cnc12. The van der Waals surface area contributed by atoms with Crippen LogP contribution in [0.4, 0.5) is 22.0 Å². The quantitative estimate of drug-likeness (QED) is 0.228. The number of hydrogen-bond donors (Lipinski definition) is 2. The molecule has 0 saturated carbocycles. The van der Waals surface area contributed by atoms with E-state index in [1.807, 2.05) is 13.8 Å². The van der Waals surface area contributed by atoms with E-state index in [1.54, 1.807) is 19.2 Å². The van der Waals surface area contributed by atoms with E-state index >= 15 is 0 Å². The molecule has 0 fully saturated rings. The van der Waals surface area contributed by atoms with Gasteiger partial charge in [-0.3, -0.25) is 9.78 Å².